The maximum atomic E-state index is 12.7. The van der Waals surface area contributed by atoms with E-state index in [0.29, 0.717) is 35.0 Å². The van der Waals surface area contributed by atoms with E-state index in [1.54, 1.807) is 24.4 Å². The van der Waals surface area contributed by atoms with Crippen LogP contribution < -0.4 is 4.74 Å². The summed E-state index contributed by atoms with van der Waals surface area (Å²) in [6.07, 6.45) is 5.71. The zero-order valence-corrected chi connectivity index (χ0v) is 14.8. The number of carbonyl (C=O) groups excluding carboxylic acids is 1. The standard InChI is InChI=1S/C21H22N2O3/c1-14-5-4-10-23(12-14)13-17-18(24)8-7-16-20(25)19(26-21(16)17)11-15-6-2-3-9-22-15/h2-3,6-9,11,14,24H,4-5,10,12-13H2,1H3/b19-11+. The van der Waals surface area contributed by atoms with E-state index in [1.807, 2.05) is 18.2 Å². The highest BCUT2D eigenvalue weighted by Crippen LogP contribution is 2.40. The van der Waals surface area contributed by atoms with Crippen molar-refractivity contribution in [2.75, 3.05) is 13.1 Å². The molecule has 1 N–H and O–H groups in total. The Morgan fingerprint density at radius 1 is 1.35 bits per heavy atom. The number of phenols is 1. The fourth-order valence-electron chi connectivity index (χ4n) is 3.70. The van der Waals surface area contributed by atoms with Crippen LogP contribution in [-0.4, -0.2) is 33.9 Å². The van der Waals surface area contributed by atoms with Crippen LogP contribution in [0.2, 0.25) is 0 Å². The lowest BCUT2D eigenvalue weighted by atomic mass is 9.99. The van der Waals surface area contributed by atoms with Gasteiger partial charge in [0.25, 0.3) is 0 Å². The third-order valence-electron chi connectivity index (χ3n) is 5.01. The molecule has 26 heavy (non-hydrogen) atoms. The third kappa shape index (κ3) is 3.22. The molecule has 5 heteroatoms. The van der Waals surface area contributed by atoms with Crippen LogP contribution in [0.25, 0.3) is 6.08 Å². The van der Waals surface area contributed by atoms with Crippen molar-refractivity contribution in [3.63, 3.8) is 0 Å². The van der Waals surface area contributed by atoms with Crippen molar-refractivity contribution < 1.29 is 14.6 Å². The zero-order valence-electron chi connectivity index (χ0n) is 14.8. The first-order valence-corrected chi connectivity index (χ1v) is 9.04. The van der Waals surface area contributed by atoms with Gasteiger partial charge in [-0.15, -0.1) is 0 Å². The normalized spacial score (nSPS) is 21.7. The van der Waals surface area contributed by atoms with Crippen LogP contribution in [0.3, 0.4) is 0 Å². The minimum Gasteiger partial charge on any atom is -0.507 e. The number of rotatable bonds is 3. The van der Waals surface area contributed by atoms with Crippen molar-refractivity contribution >= 4 is 11.9 Å². The fourth-order valence-corrected chi connectivity index (χ4v) is 3.70. The Balaban J connectivity index is 1.64. The van der Waals surface area contributed by atoms with Crippen LogP contribution in [0.5, 0.6) is 11.5 Å². The Hall–Kier alpha value is -2.66. The molecule has 3 heterocycles. The van der Waals surface area contributed by atoms with E-state index < -0.39 is 0 Å². The van der Waals surface area contributed by atoms with Crippen LogP contribution in [0.15, 0.2) is 42.3 Å². The largest absolute Gasteiger partial charge is 0.507 e. The number of fused-ring (bicyclic) bond motifs is 1. The van der Waals surface area contributed by atoms with Gasteiger partial charge < -0.3 is 9.84 Å². The number of allylic oxidation sites excluding steroid dienone is 1. The second-order valence-electron chi connectivity index (χ2n) is 7.12. The molecule has 4 rings (SSSR count). The Morgan fingerprint density at radius 3 is 3.00 bits per heavy atom. The summed E-state index contributed by atoms with van der Waals surface area (Å²) >= 11 is 0. The number of carbonyl (C=O) groups is 1. The topological polar surface area (TPSA) is 62.7 Å². The van der Waals surface area contributed by atoms with Gasteiger partial charge in [-0.3, -0.25) is 14.7 Å². The third-order valence-corrected chi connectivity index (χ3v) is 5.01. The molecule has 134 valence electrons. The number of pyridine rings is 1. The number of ether oxygens (including phenoxy) is 1. The lowest BCUT2D eigenvalue weighted by molar-refractivity contribution is 0.101. The first-order valence-electron chi connectivity index (χ1n) is 9.04. The average molecular weight is 350 g/mol. The molecule has 5 nitrogen and oxygen atoms in total. The molecule has 1 aromatic heterocycles. The second-order valence-corrected chi connectivity index (χ2v) is 7.12. The van der Waals surface area contributed by atoms with E-state index in [2.05, 4.69) is 16.8 Å². The van der Waals surface area contributed by atoms with Crippen molar-refractivity contribution in [1.29, 1.82) is 0 Å². The Labute approximate surface area is 152 Å². The highest BCUT2D eigenvalue weighted by Gasteiger charge is 2.32. The summed E-state index contributed by atoms with van der Waals surface area (Å²) in [6.45, 7) is 4.82. The van der Waals surface area contributed by atoms with Gasteiger partial charge in [0.05, 0.1) is 16.8 Å². The number of phenolic OH excluding ortho intramolecular Hbond substituents is 1. The van der Waals surface area contributed by atoms with Crippen LogP contribution in [-0.2, 0) is 6.54 Å². The Morgan fingerprint density at radius 2 is 2.23 bits per heavy atom. The van der Waals surface area contributed by atoms with Gasteiger partial charge in [0.15, 0.2) is 5.76 Å². The van der Waals surface area contributed by atoms with Gasteiger partial charge in [-0.1, -0.05) is 13.0 Å². The quantitative estimate of drug-likeness (QED) is 0.857. The summed E-state index contributed by atoms with van der Waals surface area (Å²) in [5.74, 6) is 1.38. The first kappa shape index (κ1) is 16.8. The molecule has 0 radical (unpaired) electrons. The second kappa shape index (κ2) is 6.92. The molecule has 1 unspecified atom stereocenters. The molecule has 0 amide bonds. The molecule has 1 fully saturated rings. The molecule has 0 spiro atoms. The summed E-state index contributed by atoms with van der Waals surface area (Å²) in [5.41, 5.74) is 1.86. The average Bonchev–Trinajstić information content (AvgIpc) is 2.95. The van der Waals surface area contributed by atoms with E-state index in [0.717, 1.165) is 19.5 Å². The Kier molecular flexibility index (Phi) is 4.47. The molecule has 0 saturated carbocycles. The van der Waals surface area contributed by atoms with Crippen LogP contribution in [0, 0.1) is 5.92 Å². The number of hydrogen-bond donors (Lipinski definition) is 1. The number of ketones is 1. The molecule has 1 aromatic carbocycles. The number of benzene rings is 1. The van der Waals surface area contributed by atoms with Gasteiger partial charge in [-0.25, -0.2) is 0 Å². The number of aromatic hydroxyl groups is 1. The highest BCUT2D eigenvalue weighted by atomic mass is 16.5. The predicted molar refractivity (Wildman–Crippen MR) is 99.0 cm³/mol. The maximum absolute atomic E-state index is 12.7. The van der Waals surface area contributed by atoms with E-state index >= 15 is 0 Å². The smallest absolute Gasteiger partial charge is 0.232 e. The molecule has 1 saturated heterocycles. The molecule has 0 bridgehead atoms. The molecule has 0 aliphatic carbocycles. The van der Waals surface area contributed by atoms with E-state index in [-0.39, 0.29) is 17.3 Å². The van der Waals surface area contributed by atoms with Gasteiger partial charge in [0.2, 0.25) is 5.78 Å². The minimum absolute atomic E-state index is 0.168. The van der Waals surface area contributed by atoms with Crippen LogP contribution in [0.4, 0.5) is 0 Å². The van der Waals surface area contributed by atoms with E-state index in [1.165, 1.54) is 6.42 Å². The number of nitrogens with zero attached hydrogens (tertiary/aromatic N) is 2. The molecule has 2 aliphatic rings. The van der Waals surface area contributed by atoms with Gasteiger partial charge in [0, 0.05) is 25.4 Å². The Bertz CT molecular complexity index is 861. The number of hydrogen-bond acceptors (Lipinski definition) is 5. The number of likely N-dealkylation sites (tertiary alicyclic amines) is 1. The lowest BCUT2D eigenvalue weighted by Crippen LogP contribution is -2.33. The molecule has 2 aliphatic heterocycles. The summed E-state index contributed by atoms with van der Waals surface area (Å²) < 4.78 is 5.89. The van der Waals surface area contributed by atoms with Gasteiger partial charge in [0.1, 0.15) is 11.5 Å². The highest BCUT2D eigenvalue weighted by molar-refractivity contribution is 6.14. The summed E-state index contributed by atoms with van der Waals surface area (Å²) in [4.78, 5) is 19.2. The van der Waals surface area contributed by atoms with Gasteiger partial charge >= 0.3 is 0 Å². The molecular weight excluding hydrogens is 328 g/mol. The van der Waals surface area contributed by atoms with Crippen molar-refractivity contribution in [2.24, 2.45) is 5.92 Å². The molecular formula is C21H22N2O3. The molecule has 1 atom stereocenters. The fraction of sp³-hybridized carbons (Fsp3) is 0.333. The summed E-state index contributed by atoms with van der Waals surface area (Å²) in [7, 11) is 0. The number of Topliss-reactive ketones (excluding diaryl/α,β-unsaturated/α-hetero) is 1. The molecule has 2 aromatic rings. The maximum Gasteiger partial charge on any atom is 0.232 e. The summed E-state index contributed by atoms with van der Waals surface area (Å²) in [5, 5.41) is 10.4. The van der Waals surface area contributed by atoms with Gasteiger partial charge in [-0.2, -0.15) is 0 Å². The minimum atomic E-state index is -0.168. The number of piperidine rings is 1. The van der Waals surface area contributed by atoms with Crippen LogP contribution in [0.1, 0.15) is 41.4 Å². The zero-order chi connectivity index (χ0) is 18.1. The van der Waals surface area contributed by atoms with Crippen LogP contribution >= 0.6 is 0 Å². The van der Waals surface area contributed by atoms with E-state index in [9.17, 15) is 9.90 Å². The van der Waals surface area contributed by atoms with Crippen molar-refractivity contribution in [1.82, 2.24) is 9.88 Å². The van der Waals surface area contributed by atoms with E-state index in [4.69, 9.17) is 4.74 Å². The summed E-state index contributed by atoms with van der Waals surface area (Å²) in [6, 6.07) is 8.73. The lowest BCUT2D eigenvalue weighted by Gasteiger charge is -2.31. The predicted octanol–water partition coefficient (Wildman–Crippen LogP) is 3.64. The SMILES string of the molecule is CC1CCCN(Cc2c(O)ccc3c2O/C(=C/c2ccccn2)C3=O)C1. The number of aromatic nitrogens is 1. The first-order chi connectivity index (χ1) is 12.6. The van der Waals surface area contributed by atoms with Gasteiger partial charge in [-0.05, 0) is 49.6 Å². The van der Waals surface area contributed by atoms with Crippen molar-refractivity contribution in [3.8, 4) is 11.5 Å². The van der Waals surface area contributed by atoms with Crippen molar-refractivity contribution in [3.05, 3.63) is 59.1 Å². The van der Waals surface area contributed by atoms with Crippen molar-refractivity contribution in [2.45, 2.75) is 26.3 Å². The monoisotopic (exact) mass is 350 g/mol.